The molecule has 0 aliphatic rings. The second kappa shape index (κ2) is 7.49. The molecule has 128 valence electrons. The van der Waals surface area contributed by atoms with Crippen molar-refractivity contribution < 1.29 is 18.0 Å². The fourth-order valence-electron chi connectivity index (χ4n) is 2.13. The van der Waals surface area contributed by atoms with Crippen LogP contribution >= 0.6 is 11.6 Å². The van der Waals surface area contributed by atoms with E-state index in [1.165, 1.54) is 6.08 Å². The van der Waals surface area contributed by atoms with Gasteiger partial charge in [-0.05, 0) is 48.4 Å². The van der Waals surface area contributed by atoms with Gasteiger partial charge in [-0.25, -0.2) is 0 Å². The van der Waals surface area contributed by atoms with Crippen LogP contribution in [0.5, 0.6) is 0 Å². The molecular formula is C18H12ClF3N2O. The summed E-state index contributed by atoms with van der Waals surface area (Å²) in [6, 6.07) is 10.4. The lowest BCUT2D eigenvalue weighted by Crippen LogP contribution is -2.12. The number of rotatable bonds is 4. The number of pyridine rings is 1. The molecule has 0 bridgehead atoms. The minimum absolute atomic E-state index is 0.0318. The number of nitrogens with zero attached hydrogens (tertiary/aromatic N) is 2. The van der Waals surface area contributed by atoms with E-state index in [2.05, 4.69) is 4.98 Å². The quantitative estimate of drug-likeness (QED) is 0.715. The Morgan fingerprint density at radius 1 is 1.32 bits per heavy atom. The number of halogens is 4. The van der Waals surface area contributed by atoms with Crippen LogP contribution in [0.4, 0.5) is 13.2 Å². The first-order valence-corrected chi connectivity index (χ1v) is 7.51. The van der Waals surface area contributed by atoms with Crippen LogP contribution in [-0.2, 0) is 11.0 Å². The minimum atomic E-state index is -4.53. The smallest absolute Gasteiger partial charge is 0.293 e. The predicted octanol–water partition coefficient (Wildman–Crippen LogP) is 5.03. The summed E-state index contributed by atoms with van der Waals surface area (Å²) in [7, 11) is 0. The van der Waals surface area contributed by atoms with Crippen molar-refractivity contribution in [3.05, 3.63) is 70.5 Å². The Kier molecular flexibility index (Phi) is 5.60. The highest BCUT2D eigenvalue weighted by Gasteiger charge is 2.31. The van der Waals surface area contributed by atoms with Crippen molar-refractivity contribution in [2.24, 2.45) is 0 Å². The third kappa shape index (κ3) is 4.68. The van der Waals surface area contributed by atoms with Gasteiger partial charge in [0.2, 0.25) is 0 Å². The van der Waals surface area contributed by atoms with Crippen LogP contribution in [0, 0.1) is 11.3 Å². The van der Waals surface area contributed by atoms with Gasteiger partial charge in [0.05, 0.1) is 17.3 Å². The number of carbonyl (C=O) groups excluding carboxylic acids is 1. The molecule has 0 radical (unpaired) electrons. The van der Waals surface area contributed by atoms with E-state index in [1.54, 1.807) is 37.3 Å². The van der Waals surface area contributed by atoms with Crippen LogP contribution < -0.4 is 0 Å². The maximum Gasteiger partial charge on any atom is 0.417 e. The molecule has 1 heterocycles. The Morgan fingerprint density at radius 3 is 2.56 bits per heavy atom. The largest absolute Gasteiger partial charge is 0.417 e. The summed E-state index contributed by atoms with van der Waals surface area (Å²) in [5, 5.41) is 9.72. The van der Waals surface area contributed by atoms with E-state index in [4.69, 9.17) is 11.6 Å². The topological polar surface area (TPSA) is 53.8 Å². The van der Waals surface area contributed by atoms with E-state index in [0.717, 1.165) is 12.1 Å². The molecule has 2 rings (SSSR count). The van der Waals surface area contributed by atoms with Crippen LogP contribution in [0.25, 0.3) is 5.57 Å². The standard InChI is InChI=1S/C18H12ClF3N2O/c1-11(12-3-2-4-14(19)8-12)7-17(25)15(9-23)16-6-5-13(10-24-16)18(20,21)22/h2-8,10,15H,1H3/b11-7+. The summed E-state index contributed by atoms with van der Waals surface area (Å²) >= 11 is 5.90. The zero-order chi connectivity index (χ0) is 18.6. The molecule has 7 heteroatoms. The number of benzene rings is 1. The first-order valence-electron chi connectivity index (χ1n) is 7.13. The van der Waals surface area contributed by atoms with E-state index in [0.29, 0.717) is 22.4 Å². The van der Waals surface area contributed by atoms with E-state index in [1.807, 2.05) is 0 Å². The van der Waals surface area contributed by atoms with Crippen molar-refractivity contribution in [2.75, 3.05) is 0 Å². The number of ketones is 1. The van der Waals surface area contributed by atoms with Gasteiger partial charge in [-0.1, -0.05) is 23.7 Å². The molecule has 3 nitrogen and oxygen atoms in total. The number of carbonyl (C=O) groups is 1. The van der Waals surface area contributed by atoms with E-state index >= 15 is 0 Å². The van der Waals surface area contributed by atoms with Gasteiger partial charge in [-0.2, -0.15) is 18.4 Å². The Balaban J connectivity index is 2.27. The molecular weight excluding hydrogens is 353 g/mol. The van der Waals surface area contributed by atoms with Gasteiger partial charge in [0.25, 0.3) is 0 Å². The lowest BCUT2D eigenvalue weighted by molar-refractivity contribution is -0.137. The van der Waals surface area contributed by atoms with Crippen LogP contribution in [0.15, 0.2) is 48.7 Å². The van der Waals surface area contributed by atoms with Crippen LogP contribution in [0.3, 0.4) is 0 Å². The van der Waals surface area contributed by atoms with Crippen molar-refractivity contribution in [3.8, 4) is 6.07 Å². The van der Waals surface area contributed by atoms with Crippen molar-refractivity contribution in [2.45, 2.75) is 19.0 Å². The molecule has 25 heavy (non-hydrogen) atoms. The third-order valence-corrected chi connectivity index (χ3v) is 3.70. The van der Waals surface area contributed by atoms with Crippen molar-refractivity contribution in [1.82, 2.24) is 4.98 Å². The average Bonchev–Trinajstić information content (AvgIpc) is 2.55. The van der Waals surface area contributed by atoms with E-state index in [-0.39, 0.29) is 5.69 Å². The van der Waals surface area contributed by atoms with Gasteiger partial charge in [-0.15, -0.1) is 0 Å². The summed E-state index contributed by atoms with van der Waals surface area (Å²) < 4.78 is 37.7. The molecule has 0 N–H and O–H groups in total. The maximum absolute atomic E-state index is 12.6. The number of hydrogen-bond donors (Lipinski definition) is 0. The van der Waals surface area contributed by atoms with Gasteiger partial charge in [0, 0.05) is 11.2 Å². The van der Waals surface area contributed by atoms with Gasteiger partial charge in [0.15, 0.2) is 11.7 Å². The van der Waals surface area contributed by atoms with Crippen LogP contribution in [-0.4, -0.2) is 10.8 Å². The second-order valence-corrected chi connectivity index (χ2v) is 5.71. The van der Waals surface area contributed by atoms with Crippen LogP contribution in [0.1, 0.15) is 29.7 Å². The molecule has 0 aliphatic heterocycles. The van der Waals surface area contributed by atoms with Gasteiger partial charge >= 0.3 is 6.18 Å². The fourth-order valence-corrected chi connectivity index (χ4v) is 2.32. The molecule has 1 aromatic carbocycles. The first kappa shape index (κ1) is 18.7. The summed E-state index contributed by atoms with van der Waals surface area (Å²) in [6.45, 7) is 1.68. The number of alkyl halides is 3. The van der Waals surface area contributed by atoms with Crippen LogP contribution in [0.2, 0.25) is 5.02 Å². The molecule has 0 saturated carbocycles. The molecule has 2 aromatic rings. The molecule has 0 aliphatic carbocycles. The Morgan fingerprint density at radius 2 is 2.04 bits per heavy atom. The highest BCUT2D eigenvalue weighted by atomic mass is 35.5. The number of nitriles is 1. The third-order valence-electron chi connectivity index (χ3n) is 3.46. The SMILES string of the molecule is C/C(=C\C(=O)C(C#N)c1ccc(C(F)(F)F)cn1)c1cccc(Cl)c1. The normalized spacial score (nSPS) is 13.2. The Hall–Kier alpha value is -2.65. The molecule has 0 saturated heterocycles. The first-order chi connectivity index (χ1) is 11.7. The highest BCUT2D eigenvalue weighted by Crippen LogP contribution is 2.29. The zero-order valence-corrected chi connectivity index (χ0v) is 13.8. The predicted molar refractivity (Wildman–Crippen MR) is 87.7 cm³/mol. The molecule has 0 spiro atoms. The molecule has 0 fully saturated rings. The lowest BCUT2D eigenvalue weighted by Gasteiger charge is -2.09. The summed E-state index contributed by atoms with van der Waals surface area (Å²) in [4.78, 5) is 15.9. The second-order valence-electron chi connectivity index (χ2n) is 5.27. The molecule has 1 atom stereocenters. The van der Waals surface area contributed by atoms with Crippen molar-refractivity contribution >= 4 is 23.0 Å². The fraction of sp³-hybridized carbons (Fsp3) is 0.167. The number of aromatic nitrogens is 1. The number of hydrogen-bond acceptors (Lipinski definition) is 3. The lowest BCUT2D eigenvalue weighted by atomic mass is 9.97. The Bertz CT molecular complexity index is 852. The zero-order valence-electron chi connectivity index (χ0n) is 13.0. The number of allylic oxidation sites excluding steroid dienone is 2. The monoisotopic (exact) mass is 364 g/mol. The van der Waals surface area contributed by atoms with E-state index < -0.39 is 23.4 Å². The highest BCUT2D eigenvalue weighted by molar-refractivity contribution is 6.30. The molecule has 0 amide bonds. The maximum atomic E-state index is 12.6. The molecule has 1 unspecified atom stereocenters. The minimum Gasteiger partial charge on any atom is -0.293 e. The summed E-state index contributed by atoms with van der Waals surface area (Å²) in [5.74, 6) is -1.84. The molecule has 1 aromatic heterocycles. The average molecular weight is 365 g/mol. The van der Waals surface area contributed by atoms with E-state index in [9.17, 15) is 23.2 Å². The Labute approximate surface area is 147 Å². The van der Waals surface area contributed by atoms with Crippen molar-refractivity contribution in [1.29, 1.82) is 5.26 Å². The summed E-state index contributed by atoms with van der Waals surface area (Å²) in [6.07, 6.45) is -2.65. The van der Waals surface area contributed by atoms with Crippen molar-refractivity contribution in [3.63, 3.8) is 0 Å². The van der Waals surface area contributed by atoms with Gasteiger partial charge < -0.3 is 0 Å². The van der Waals surface area contributed by atoms with Gasteiger partial charge in [-0.3, -0.25) is 9.78 Å². The van der Waals surface area contributed by atoms with Gasteiger partial charge in [0.1, 0.15) is 0 Å². The summed E-state index contributed by atoms with van der Waals surface area (Å²) in [5.41, 5.74) is 0.319.